The first-order chi connectivity index (χ1) is 11.2. The van der Waals surface area contributed by atoms with Crippen LogP contribution in [0.4, 0.5) is 5.69 Å². The van der Waals surface area contributed by atoms with E-state index >= 15 is 0 Å². The molecule has 0 aliphatic rings. The number of phenolic OH excluding ortho intramolecular Hbond substituents is 1. The van der Waals surface area contributed by atoms with E-state index < -0.39 is 21.3 Å². The summed E-state index contributed by atoms with van der Waals surface area (Å²) in [5.74, 6) is -0.331. The van der Waals surface area contributed by atoms with E-state index in [0.717, 1.165) is 25.7 Å². The van der Waals surface area contributed by atoms with E-state index in [2.05, 4.69) is 4.72 Å². The van der Waals surface area contributed by atoms with Crippen molar-refractivity contribution in [2.75, 3.05) is 17.8 Å². The summed E-state index contributed by atoms with van der Waals surface area (Å²) in [6, 6.07) is 2.61. The number of sulfonamides is 1. The second-order valence-electron chi connectivity index (χ2n) is 5.60. The third-order valence-corrected chi connectivity index (χ3v) is 5.93. The van der Waals surface area contributed by atoms with Gasteiger partial charge in [0.15, 0.2) is 0 Å². The summed E-state index contributed by atoms with van der Waals surface area (Å²) < 4.78 is 49.4. The van der Waals surface area contributed by atoms with Crippen molar-refractivity contribution in [1.82, 2.24) is 4.31 Å². The Hall–Kier alpha value is -1.16. The predicted molar refractivity (Wildman–Crippen MR) is 95.8 cm³/mol. The summed E-state index contributed by atoms with van der Waals surface area (Å²) in [6.07, 6.45) is 3.16. The van der Waals surface area contributed by atoms with Gasteiger partial charge in [-0.05, 0) is 37.5 Å². The van der Waals surface area contributed by atoms with Gasteiger partial charge in [0.1, 0.15) is 10.6 Å². The van der Waals surface area contributed by atoms with Crippen LogP contribution < -0.4 is 4.72 Å². The van der Waals surface area contributed by atoms with Crippen molar-refractivity contribution < 1.29 is 22.3 Å². The fourth-order valence-electron chi connectivity index (χ4n) is 2.26. The Morgan fingerprint density at radius 3 is 2.17 bits per heavy atom. The highest BCUT2D eigenvalue weighted by molar-refractivity contribution is 7.89. The second kappa shape index (κ2) is 9.36. The third kappa shape index (κ3) is 5.44. The summed E-state index contributed by atoms with van der Waals surface area (Å²) in [6.45, 7) is 6.25. The van der Waals surface area contributed by atoms with E-state index in [4.69, 9.17) is 4.55 Å². The van der Waals surface area contributed by atoms with Crippen LogP contribution in [-0.4, -0.2) is 39.7 Å². The summed E-state index contributed by atoms with van der Waals surface area (Å²) in [7, 11) is -3.89. The summed E-state index contributed by atoms with van der Waals surface area (Å²) in [4.78, 5) is -0.248. The smallest absolute Gasteiger partial charge is 0.259 e. The summed E-state index contributed by atoms with van der Waals surface area (Å²) >= 11 is -2.33. The van der Waals surface area contributed by atoms with Gasteiger partial charge in [-0.2, -0.15) is 4.31 Å². The molecule has 0 amide bonds. The lowest BCUT2D eigenvalue weighted by Crippen LogP contribution is -2.33. The van der Waals surface area contributed by atoms with Crippen molar-refractivity contribution in [3.63, 3.8) is 0 Å². The fourth-order valence-corrected chi connectivity index (χ4v) is 4.28. The van der Waals surface area contributed by atoms with Crippen LogP contribution in [0.2, 0.25) is 0 Å². The molecule has 0 saturated heterocycles. The Kier molecular flexibility index (Phi) is 8.14. The van der Waals surface area contributed by atoms with Crippen molar-refractivity contribution in [2.24, 2.45) is 0 Å². The van der Waals surface area contributed by atoms with Gasteiger partial charge in [0.2, 0.25) is 10.0 Å². The molecule has 1 aromatic carbocycles. The van der Waals surface area contributed by atoms with Crippen molar-refractivity contribution in [3.8, 4) is 5.75 Å². The maximum absolute atomic E-state index is 13.0. The zero-order chi connectivity index (χ0) is 18.3. The molecule has 0 heterocycles. The molecule has 0 bridgehead atoms. The molecule has 3 N–H and O–H groups in total. The number of nitrogens with zero attached hydrogens (tertiary/aromatic N) is 1. The van der Waals surface area contributed by atoms with Crippen LogP contribution in [0, 0.1) is 6.92 Å². The van der Waals surface area contributed by atoms with E-state index in [0.29, 0.717) is 18.7 Å². The molecule has 1 rings (SSSR count). The number of aromatic hydroxyl groups is 1. The van der Waals surface area contributed by atoms with Crippen molar-refractivity contribution in [2.45, 2.75) is 51.3 Å². The number of rotatable bonds is 10. The van der Waals surface area contributed by atoms with E-state index in [9.17, 15) is 17.7 Å². The first-order valence-electron chi connectivity index (χ1n) is 7.95. The monoisotopic (exact) mass is 378 g/mol. The molecule has 0 saturated carbocycles. The van der Waals surface area contributed by atoms with E-state index in [1.54, 1.807) is 6.92 Å². The molecule has 9 heteroatoms. The molecular weight excluding hydrogens is 352 g/mol. The lowest BCUT2D eigenvalue weighted by Gasteiger charge is -2.23. The van der Waals surface area contributed by atoms with Crippen LogP contribution in [-0.2, 0) is 21.3 Å². The summed E-state index contributed by atoms with van der Waals surface area (Å²) in [5.41, 5.74) is 0.477. The number of hydrogen-bond acceptors (Lipinski definition) is 4. The van der Waals surface area contributed by atoms with Gasteiger partial charge in [-0.25, -0.2) is 12.6 Å². The minimum Gasteiger partial charge on any atom is -0.506 e. The Labute approximate surface area is 146 Å². The van der Waals surface area contributed by atoms with Crippen LogP contribution in [0.5, 0.6) is 5.75 Å². The zero-order valence-electron chi connectivity index (χ0n) is 14.3. The number of hydrogen-bond donors (Lipinski definition) is 3. The second-order valence-corrected chi connectivity index (χ2v) is 8.21. The SMILES string of the molecule is CCCCN(CCCC)S(=O)(=O)c1cc(NS(=O)O)cc(C)c1O. The van der Waals surface area contributed by atoms with Crippen molar-refractivity contribution >= 4 is 27.0 Å². The summed E-state index contributed by atoms with van der Waals surface area (Å²) in [5, 5.41) is 10.2. The fraction of sp³-hybridized carbons (Fsp3) is 0.600. The molecule has 0 aliphatic heterocycles. The number of benzene rings is 1. The van der Waals surface area contributed by atoms with Gasteiger partial charge in [0.05, 0.1) is 5.69 Å². The maximum Gasteiger partial charge on any atom is 0.259 e. The average molecular weight is 379 g/mol. The maximum atomic E-state index is 13.0. The van der Waals surface area contributed by atoms with Gasteiger partial charge in [-0.15, -0.1) is 0 Å². The van der Waals surface area contributed by atoms with Crippen LogP contribution in [0.1, 0.15) is 45.1 Å². The van der Waals surface area contributed by atoms with Gasteiger partial charge in [-0.3, -0.25) is 9.27 Å². The molecule has 1 atom stereocenters. The standard InChI is InChI=1S/C15H26N2O5S2/c1-4-6-8-17(9-7-5-2)24(21,22)14-11-13(16-23(19)20)10-12(3)15(14)18/h10-11,16,18H,4-9H2,1-3H3,(H,19,20). The first kappa shape index (κ1) is 20.9. The van der Waals surface area contributed by atoms with E-state index in [1.165, 1.54) is 16.4 Å². The van der Waals surface area contributed by atoms with Crippen LogP contribution in [0.3, 0.4) is 0 Å². The average Bonchev–Trinajstić information content (AvgIpc) is 2.49. The van der Waals surface area contributed by atoms with E-state index in [-0.39, 0.29) is 16.3 Å². The number of anilines is 1. The Morgan fingerprint density at radius 2 is 1.71 bits per heavy atom. The van der Waals surface area contributed by atoms with Gasteiger partial charge in [0, 0.05) is 13.1 Å². The molecule has 0 spiro atoms. The van der Waals surface area contributed by atoms with Gasteiger partial charge in [0.25, 0.3) is 11.3 Å². The van der Waals surface area contributed by atoms with Crippen LogP contribution >= 0.6 is 0 Å². The molecule has 24 heavy (non-hydrogen) atoms. The number of phenols is 1. The van der Waals surface area contributed by atoms with Crippen LogP contribution in [0.15, 0.2) is 17.0 Å². The highest BCUT2D eigenvalue weighted by Gasteiger charge is 2.28. The lowest BCUT2D eigenvalue weighted by atomic mass is 10.2. The zero-order valence-corrected chi connectivity index (χ0v) is 15.9. The molecule has 0 aromatic heterocycles. The molecule has 7 nitrogen and oxygen atoms in total. The lowest BCUT2D eigenvalue weighted by molar-refractivity contribution is 0.389. The highest BCUT2D eigenvalue weighted by atomic mass is 32.2. The Bertz CT molecular complexity index is 669. The van der Waals surface area contributed by atoms with E-state index in [1.807, 2.05) is 13.8 Å². The minimum atomic E-state index is -3.89. The quantitative estimate of drug-likeness (QED) is 0.429. The third-order valence-electron chi connectivity index (χ3n) is 3.61. The number of unbranched alkanes of at least 4 members (excludes halogenated alkanes) is 2. The first-order valence-corrected chi connectivity index (χ1v) is 10.5. The molecule has 1 aromatic rings. The minimum absolute atomic E-state index is 0.163. The number of aryl methyl sites for hydroxylation is 1. The Balaban J connectivity index is 3.31. The highest BCUT2D eigenvalue weighted by Crippen LogP contribution is 2.32. The van der Waals surface area contributed by atoms with Crippen LogP contribution in [0.25, 0.3) is 0 Å². The Morgan fingerprint density at radius 1 is 1.17 bits per heavy atom. The molecule has 0 radical (unpaired) electrons. The molecule has 0 fully saturated rings. The predicted octanol–water partition coefficient (Wildman–Crippen LogP) is 2.84. The van der Waals surface area contributed by atoms with Crippen molar-refractivity contribution in [3.05, 3.63) is 17.7 Å². The number of nitrogens with one attached hydrogen (secondary N) is 1. The molecule has 1 unspecified atom stereocenters. The molecule has 138 valence electrons. The topological polar surface area (TPSA) is 107 Å². The van der Waals surface area contributed by atoms with Gasteiger partial charge < -0.3 is 5.11 Å². The normalized spacial score (nSPS) is 13.2. The largest absolute Gasteiger partial charge is 0.506 e. The van der Waals surface area contributed by atoms with Gasteiger partial charge in [-0.1, -0.05) is 26.7 Å². The van der Waals surface area contributed by atoms with Crippen molar-refractivity contribution in [1.29, 1.82) is 0 Å². The molecule has 0 aliphatic carbocycles. The molecular formula is C15H26N2O5S2. The van der Waals surface area contributed by atoms with Gasteiger partial charge >= 0.3 is 0 Å².